The minimum absolute atomic E-state index is 0.216. The fraction of sp³-hybridized carbons (Fsp3) is 0.280. The Balaban J connectivity index is 1.38. The van der Waals surface area contributed by atoms with Gasteiger partial charge in [-0.3, -0.25) is 0 Å². The molecule has 0 unspecified atom stereocenters. The van der Waals surface area contributed by atoms with Gasteiger partial charge in [0.2, 0.25) is 5.75 Å². The first-order chi connectivity index (χ1) is 15.7. The second kappa shape index (κ2) is 10.5. The Labute approximate surface area is 193 Å². The van der Waals surface area contributed by atoms with Crippen molar-refractivity contribution in [1.82, 2.24) is 5.32 Å². The van der Waals surface area contributed by atoms with Gasteiger partial charge < -0.3 is 29.0 Å². The standard InChI is InChI=1S/C25H26ClNO5/c1-28-21-8-5-9-22(29-2)25(21)30-15-14-27-16-23-24(17-10-12-18(26)13-11-17)32-20-7-4-3-6-19(20)31-23/h3-13,23-24,27H,14-16H2,1-2H3/t23-,24+/m1/s1. The average molecular weight is 456 g/mol. The highest BCUT2D eigenvalue weighted by Gasteiger charge is 2.32. The summed E-state index contributed by atoms with van der Waals surface area (Å²) in [7, 11) is 3.21. The summed E-state index contributed by atoms with van der Waals surface area (Å²) in [6.07, 6.45) is -0.475. The van der Waals surface area contributed by atoms with E-state index in [0.29, 0.717) is 42.0 Å². The molecular weight excluding hydrogens is 430 g/mol. The minimum atomic E-state index is -0.259. The number of methoxy groups -OCH3 is 2. The Bertz CT molecular complexity index is 1000. The number of para-hydroxylation sites is 3. The zero-order valence-corrected chi connectivity index (χ0v) is 18.8. The summed E-state index contributed by atoms with van der Waals surface area (Å²) in [6, 6.07) is 20.9. The topological polar surface area (TPSA) is 58.2 Å². The van der Waals surface area contributed by atoms with E-state index in [0.717, 1.165) is 17.1 Å². The lowest BCUT2D eigenvalue weighted by Gasteiger charge is -2.34. The van der Waals surface area contributed by atoms with E-state index >= 15 is 0 Å². The second-order valence-electron chi connectivity index (χ2n) is 7.24. The molecule has 0 aliphatic carbocycles. The van der Waals surface area contributed by atoms with E-state index in [9.17, 15) is 0 Å². The first kappa shape index (κ1) is 22.1. The van der Waals surface area contributed by atoms with Gasteiger partial charge in [-0.25, -0.2) is 0 Å². The molecule has 3 aromatic rings. The van der Waals surface area contributed by atoms with Crippen LogP contribution in [0.25, 0.3) is 0 Å². The molecule has 4 rings (SSSR count). The summed E-state index contributed by atoms with van der Waals surface area (Å²) in [5, 5.41) is 4.09. The molecule has 0 amide bonds. The van der Waals surface area contributed by atoms with Crippen molar-refractivity contribution in [3.05, 3.63) is 77.3 Å². The molecule has 0 fully saturated rings. The fourth-order valence-corrected chi connectivity index (χ4v) is 3.72. The van der Waals surface area contributed by atoms with Crippen molar-refractivity contribution in [3.63, 3.8) is 0 Å². The van der Waals surface area contributed by atoms with E-state index in [-0.39, 0.29) is 12.2 Å². The van der Waals surface area contributed by atoms with Crippen LogP contribution in [0.4, 0.5) is 0 Å². The van der Waals surface area contributed by atoms with Gasteiger partial charge in [0.15, 0.2) is 35.2 Å². The second-order valence-corrected chi connectivity index (χ2v) is 7.67. The number of halogens is 1. The third kappa shape index (κ3) is 5.03. The van der Waals surface area contributed by atoms with Crippen molar-refractivity contribution in [3.8, 4) is 28.7 Å². The summed E-state index contributed by atoms with van der Waals surface area (Å²) < 4.78 is 29.2. The van der Waals surface area contributed by atoms with Crippen LogP contribution >= 0.6 is 11.6 Å². The van der Waals surface area contributed by atoms with Crippen LogP contribution in [0.2, 0.25) is 5.02 Å². The predicted molar refractivity (Wildman–Crippen MR) is 124 cm³/mol. The van der Waals surface area contributed by atoms with E-state index in [1.165, 1.54) is 0 Å². The lowest BCUT2D eigenvalue weighted by atomic mass is 10.0. The molecular formula is C25H26ClNO5. The van der Waals surface area contributed by atoms with Crippen molar-refractivity contribution in [2.45, 2.75) is 12.2 Å². The van der Waals surface area contributed by atoms with E-state index in [4.69, 9.17) is 35.3 Å². The highest BCUT2D eigenvalue weighted by Crippen LogP contribution is 2.39. The Morgan fingerprint density at radius 3 is 2.16 bits per heavy atom. The molecule has 1 heterocycles. The lowest BCUT2D eigenvalue weighted by Crippen LogP contribution is -2.42. The van der Waals surface area contributed by atoms with Gasteiger partial charge in [0, 0.05) is 18.1 Å². The molecule has 168 valence electrons. The van der Waals surface area contributed by atoms with Gasteiger partial charge in [-0.2, -0.15) is 0 Å². The third-order valence-corrected chi connectivity index (χ3v) is 5.42. The molecule has 32 heavy (non-hydrogen) atoms. The Morgan fingerprint density at radius 1 is 0.844 bits per heavy atom. The first-order valence-electron chi connectivity index (χ1n) is 10.4. The molecule has 2 atom stereocenters. The van der Waals surface area contributed by atoms with Gasteiger partial charge in [0.05, 0.1) is 14.2 Å². The van der Waals surface area contributed by atoms with Crippen LogP contribution in [-0.4, -0.2) is 40.0 Å². The van der Waals surface area contributed by atoms with Crippen LogP contribution in [-0.2, 0) is 0 Å². The lowest BCUT2D eigenvalue weighted by molar-refractivity contribution is 0.0198. The summed E-state index contributed by atoms with van der Waals surface area (Å²) >= 11 is 6.06. The molecule has 6 nitrogen and oxygen atoms in total. The van der Waals surface area contributed by atoms with E-state index in [1.54, 1.807) is 14.2 Å². The number of fused-ring (bicyclic) bond motifs is 1. The maximum Gasteiger partial charge on any atom is 0.203 e. The van der Waals surface area contributed by atoms with Crippen LogP contribution in [0.15, 0.2) is 66.7 Å². The molecule has 0 spiro atoms. The predicted octanol–water partition coefficient (Wildman–Crippen LogP) is 4.91. The van der Waals surface area contributed by atoms with Crippen molar-refractivity contribution in [2.24, 2.45) is 0 Å². The van der Waals surface area contributed by atoms with Crippen LogP contribution in [0.1, 0.15) is 11.7 Å². The summed E-state index contributed by atoms with van der Waals surface area (Å²) in [5.74, 6) is 3.32. The van der Waals surface area contributed by atoms with Gasteiger partial charge in [0.1, 0.15) is 6.61 Å². The Kier molecular flexibility index (Phi) is 7.24. The summed E-state index contributed by atoms with van der Waals surface area (Å²) in [6.45, 7) is 1.62. The summed E-state index contributed by atoms with van der Waals surface area (Å²) in [5.41, 5.74) is 1.01. The van der Waals surface area contributed by atoms with E-state index < -0.39 is 0 Å². The van der Waals surface area contributed by atoms with Crippen molar-refractivity contribution in [2.75, 3.05) is 33.9 Å². The zero-order valence-electron chi connectivity index (χ0n) is 18.0. The smallest absolute Gasteiger partial charge is 0.203 e. The van der Waals surface area contributed by atoms with Crippen LogP contribution in [0.5, 0.6) is 28.7 Å². The molecule has 1 aliphatic rings. The number of hydrogen-bond acceptors (Lipinski definition) is 6. The number of ether oxygens (including phenoxy) is 5. The molecule has 1 N–H and O–H groups in total. The van der Waals surface area contributed by atoms with E-state index in [2.05, 4.69) is 5.32 Å². The monoisotopic (exact) mass is 455 g/mol. The molecule has 7 heteroatoms. The third-order valence-electron chi connectivity index (χ3n) is 5.17. The largest absolute Gasteiger partial charge is 0.493 e. The van der Waals surface area contributed by atoms with E-state index in [1.807, 2.05) is 66.7 Å². The van der Waals surface area contributed by atoms with Crippen LogP contribution in [0, 0.1) is 0 Å². The minimum Gasteiger partial charge on any atom is -0.493 e. The van der Waals surface area contributed by atoms with Gasteiger partial charge in [-0.1, -0.05) is 41.9 Å². The maximum absolute atomic E-state index is 6.28. The first-order valence-corrected chi connectivity index (χ1v) is 10.8. The fourth-order valence-electron chi connectivity index (χ4n) is 3.60. The van der Waals surface area contributed by atoms with Gasteiger partial charge >= 0.3 is 0 Å². The quantitative estimate of drug-likeness (QED) is 0.463. The van der Waals surface area contributed by atoms with Gasteiger partial charge in [-0.05, 0) is 42.0 Å². The molecule has 3 aromatic carbocycles. The number of benzene rings is 3. The molecule has 0 radical (unpaired) electrons. The zero-order chi connectivity index (χ0) is 22.3. The molecule has 0 aromatic heterocycles. The summed E-state index contributed by atoms with van der Waals surface area (Å²) in [4.78, 5) is 0. The highest BCUT2D eigenvalue weighted by molar-refractivity contribution is 6.30. The number of rotatable bonds is 9. The van der Waals surface area contributed by atoms with Crippen molar-refractivity contribution in [1.29, 1.82) is 0 Å². The van der Waals surface area contributed by atoms with Crippen LogP contribution < -0.4 is 29.0 Å². The molecule has 0 saturated carbocycles. The molecule has 0 saturated heterocycles. The SMILES string of the molecule is COc1cccc(OC)c1OCCNC[C@H]1Oc2ccccc2O[C@H]1c1ccc(Cl)cc1. The Morgan fingerprint density at radius 2 is 1.50 bits per heavy atom. The highest BCUT2D eigenvalue weighted by atomic mass is 35.5. The maximum atomic E-state index is 6.28. The normalized spacial score (nSPS) is 17.0. The Hall–Kier alpha value is -3.09. The van der Waals surface area contributed by atoms with Gasteiger partial charge in [0.25, 0.3) is 0 Å². The number of nitrogens with one attached hydrogen (secondary N) is 1. The van der Waals surface area contributed by atoms with Crippen molar-refractivity contribution >= 4 is 11.6 Å². The van der Waals surface area contributed by atoms with Gasteiger partial charge in [-0.15, -0.1) is 0 Å². The van der Waals surface area contributed by atoms with Crippen LogP contribution in [0.3, 0.4) is 0 Å². The molecule has 0 bridgehead atoms. The number of hydrogen-bond donors (Lipinski definition) is 1. The van der Waals surface area contributed by atoms with Crippen molar-refractivity contribution < 1.29 is 23.7 Å². The molecule has 1 aliphatic heterocycles. The average Bonchev–Trinajstić information content (AvgIpc) is 2.83.